The molecule has 27 heavy (non-hydrogen) atoms. The van der Waals surface area contributed by atoms with Crippen LogP contribution in [-0.2, 0) is 11.3 Å². The smallest absolute Gasteiger partial charge is 0.329 e. The van der Waals surface area contributed by atoms with Crippen molar-refractivity contribution in [2.45, 2.75) is 6.54 Å². The Balaban J connectivity index is 1.53. The summed E-state index contributed by atoms with van der Waals surface area (Å²) in [6, 6.07) is 18.1. The number of rotatable bonds is 4. The van der Waals surface area contributed by atoms with E-state index < -0.39 is 11.9 Å². The molecule has 0 unspecified atom stereocenters. The highest BCUT2D eigenvalue weighted by molar-refractivity contribution is 6.13. The molecule has 1 fully saturated rings. The van der Waals surface area contributed by atoms with Gasteiger partial charge in [-0.3, -0.25) is 9.69 Å². The highest BCUT2D eigenvalue weighted by Crippen LogP contribution is 2.24. The van der Waals surface area contributed by atoms with Crippen LogP contribution in [0.2, 0.25) is 0 Å². The molecular weight excluding hydrogens is 347 g/mol. The van der Waals surface area contributed by atoms with E-state index in [-0.39, 0.29) is 18.1 Å². The summed E-state index contributed by atoms with van der Waals surface area (Å²) in [5.74, 6) is 0.216. The SMILES string of the molecule is O=C1N/C(=C/c2ccc(-c3ccc(F)cc3)o2)C(=O)N1Cc1ccccc1. The normalized spacial score (nSPS) is 15.4. The number of carbonyl (C=O) groups excluding carboxylic acids is 2. The van der Waals surface area contributed by atoms with Gasteiger partial charge < -0.3 is 9.73 Å². The maximum atomic E-state index is 13.0. The lowest BCUT2D eigenvalue weighted by molar-refractivity contribution is -0.123. The van der Waals surface area contributed by atoms with E-state index in [1.807, 2.05) is 30.3 Å². The first-order chi connectivity index (χ1) is 13.1. The summed E-state index contributed by atoms with van der Waals surface area (Å²) in [7, 11) is 0. The van der Waals surface area contributed by atoms with Crippen LogP contribution in [0.4, 0.5) is 9.18 Å². The first kappa shape index (κ1) is 16.8. The quantitative estimate of drug-likeness (QED) is 0.559. The van der Waals surface area contributed by atoms with Crippen LogP contribution in [0.5, 0.6) is 0 Å². The van der Waals surface area contributed by atoms with Crippen LogP contribution in [0, 0.1) is 5.82 Å². The standard InChI is InChI=1S/C21H15FN2O3/c22-16-8-6-15(7-9-16)19-11-10-17(27-19)12-18-20(25)24(21(26)23-18)13-14-4-2-1-3-5-14/h1-12H,13H2,(H,23,26)/b18-12+. The van der Waals surface area contributed by atoms with Gasteiger partial charge in [0.05, 0.1) is 6.54 Å². The zero-order chi connectivity index (χ0) is 18.8. The van der Waals surface area contributed by atoms with E-state index in [2.05, 4.69) is 5.32 Å². The molecule has 3 aromatic rings. The van der Waals surface area contributed by atoms with E-state index in [0.717, 1.165) is 10.5 Å². The van der Waals surface area contributed by atoms with Crippen LogP contribution in [0.3, 0.4) is 0 Å². The number of hydrogen-bond donors (Lipinski definition) is 1. The number of amides is 3. The van der Waals surface area contributed by atoms with Crippen LogP contribution >= 0.6 is 0 Å². The molecule has 1 saturated heterocycles. The van der Waals surface area contributed by atoms with Crippen molar-refractivity contribution in [1.29, 1.82) is 0 Å². The van der Waals surface area contributed by atoms with Crippen molar-refractivity contribution in [2.24, 2.45) is 0 Å². The maximum absolute atomic E-state index is 13.0. The lowest BCUT2D eigenvalue weighted by Gasteiger charge is -2.11. The van der Waals surface area contributed by atoms with E-state index in [1.54, 1.807) is 24.3 Å². The Labute approximate surface area is 154 Å². The molecular formula is C21H15FN2O3. The molecule has 1 N–H and O–H groups in total. The topological polar surface area (TPSA) is 62.6 Å². The molecule has 0 bridgehead atoms. The fraction of sp³-hybridized carbons (Fsp3) is 0.0476. The first-order valence-electron chi connectivity index (χ1n) is 8.34. The minimum Gasteiger partial charge on any atom is -0.457 e. The van der Waals surface area contributed by atoms with E-state index in [9.17, 15) is 14.0 Å². The second kappa shape index (κ2) is 6.92. The monoisotopic (exact) mass is 362 g/mol. The Bertz CT molecular complexity index is 1020. The van der Waals surface area contributed by atoms with E-state index in [1.165, 1.54) is 18.2 Å². The van der Waals surface area contributed by atoms with Crippen molar-refractivity contribution in [1.82, 2.24) is 10.2 Å². The predicted octanol–water partition coefficient (Wildman–Crippen LogP) is 4.18. The van der Waals surface area contributed by atoms with Gasteiger partial charge in [0.2, 0.25) is 0 Å². The molecule has 0 saturated carbocycles. The molecule has 1 aromatic heterocycles. The van der Waals surface area contributed by atoms with Crippen LogP contribution in [0.25, 0.3) is 17.4 Å². The number of halogens is 1. The molecule has 5 nitrogen and oxygen atoms in total. The molecule has 0 spiro atoms. The third kappa shape index (κ3) is 3.50. The Morgan fingerprint density at radius 3 is 2.44 bits per heavy atom. The van der Waals surface area contributed by atoms with Gasteiger partial charge in [-0.15, -0.1) is 0 Å². The summed E-state index contributed by atoms with van der Waals surface area (Å²) >= 11 is 0. The zero-order valence-electron chi connectivity index (χ0n) is 14.2. The Hall–Kier alpha value is -3.67. The first-order valence-corrected chi connectivity index (χ1v) is 8.34. The van der Waals surface area contributed by atoms with Gasteiger partial charge in [0.15, 0.2) is 0 Å². The molecule has 0 aliphatic carbocycles. The van der Waals surface area contributed by atoms with E-state index in [0.29, 0.717) is 17.1 Å². The number of carbonyl (C=O) groups is 2. The molecule has 6 heteroatoms. The number of nitrogens with one attached hydrogen (secondary N) is 1. The van der Waals surface area contributed by atoms with Crippen molar-refractivity contribution >= 4 is 18.0 Å². The van der Waals surface area contributed by atoms with Crippen molar-refractivity contribution < 1.29 is 18.4 Å². The summed E-state index contributed by atoms with van der Waals surface area (Å²) < 4.78 is 18.7. The number of imide groups is 1. The van der Waals surface area contributed by atoms with Crippen LogP contribution in [0.15, 0.2) is 76.8 Å². The van der Waals surface area contributed by atoms with E-state index >= 15 is 0 Å². The van der Waals surface area contributed by atoms with Crippen LogP contribution in [-0.4, -0.2) is 16.8 Å². The lowest BCUT2D eigenvalue weighted by atomic mass is 10.2. The van der Waals surface area contributed by atoms with Crippen molar-refractivity contribution in [3.8, 4) is 11.3 Å². The molecule has 2 aromatic carbocycles. The largest absolute Gasteiger partial charge is 0.457 e. The van der Waals surface area contributed by atoms with Crippen LogP contribution < -0.4 is 5.32 Å². The molecule has 0 atom stereocenters. The summed E-state index contributed by atoms with van der Waals surface area (Å²) in [6.07, 6.45) is 1.48. The lowest BCUT2D eigenvalue weighted by Crippen LogP contribution is -2.30. The highest BCUT2D eigenvalue weighted by atomic mass is 19.1. The van der Waals surface area contributed by atoms with Gasteiger partial charge in [-0.2, -0.15) is 0 Å². The zero-order valence-corrected chi connectivity index (χ0v) is 14.2. The molecule has 134 valence electrons. The van der Waals surface area contributed by atoms with Gasteiger partial charge in [-0.25, -0.2) is 9.18 Å². The summed E-state index contributed by atoms with van der Waals surface area (Å²) in [6.45, 7) is 0.196. The fourth-order valence-corrected chi connectivity index (χ4v) is 2.82. The second-order valence-electron chi connectivity index (χ2n) is 6.07. The summed E-state index contributed by atoms with van der Waals surface area (Å²) in [5, 5.41) is 2.57. The number of nitrogens with zero attached hydrogens (tertiary/aromatic N) is 1. The number of hydrogen-bond acceptors (Lipinski definition) is 3. The average molecular weight is 362 g/mol. The molecule has 2 heterocycles. The van der Waals surface area contributed by atoms with Gasteiger partial charge in [0.1, 0.15) is 23.0 Å². The van der Waals surface area contributed by atoms with Crippen molar-refractivity contribution in [3.05, 3.63) is 89.6 Å². The van der Waals surface area contributed by atoms with Gasteiger partial charge >= 0.3 is 6.03 Å². The number of furan rings is 1. The summed E-state index contributed by atoms with van der Waals surface area (Å²) in [4.78, 5) is 25.8. The summed E-state index contributed by atoms with van der Waals surface area (Å²) in [5.41, 5.74) is 1.73. The Morgan fingerprint density at radius 2 is 1.70 bits per heavy atom. The van der Waals surface area contributed by atoms with Crippen molar-refractivity contribution in [3.63, 3.8) is 0 Å². The van der Waals surface area contributed by atoms with Crippen LogP contribution in [0.1, 0.15) is 11.3 Å². The third-order valence-electron chi connectivity index (χ3n) is 4.19. The minimum absolute atomic E-state index is 0.149. The Morgan fingerprint density at radius 1 is 0.963 bits per heavy atom. The number of benzene rings is 2. The molecule has 4 rings (SSSR count). The Kier molecular flexibility index (Phi) is 4.30. The molecule has 1 aliphatic rings. The second-order valence-corrected chi connectivity index (χ2v) is 6.07. The fourth-order valence-electron chi connectivity index (χ4n) is 2.82. The van der Waals surface area contributed by atoms with Gasteiger partial charge in [-0.05, 0) is 42.0 Å². The molecule has 1 aliphatic heterocycles. The van der Waals surface area contributed by atoms with Gasteiger partial charge in [0.25, 0.3) is 5.91 Å². The minimum atomic E-state index is -0.472. The number of urea groups is 1. The highest BCUT2D eigenvalue weighted by Gasteiger charge is 2.33. The predicted molar refractivity (Wildman–Crippen MR) is 97.6 cm³/mol. The van der Waals surface area contributed by atoms with Crippen molar-refractivity contribution in [2.75, 3.05) is 0 Å². The third-order valence-corrected chi connectivity index (χ3v) is 4.19. The molecule has 0 radical (unpaired) electrons. The van der Waals surface area contributed by atoms with E-state index in [4.69, 9.17) is 4.42 Å². The van der Waals surface area contributed by atoms with Gasteiger partial charge in [-0.1, -0.05) is 30.3 Å². The van der Waals surface area contributed by atoms with Gasteiger partial charge in [0, 0.05) is 11.6 Å². The molecule has 3 amide bonds. The maximum Gasteiger partial charge on any atom is 0.329 e. The average Bonchev–Trinajstić information content (AvgIpc) is 3.24.